The lowest BCUT2D eigenvalue weighted by Crippen LogP contribution is -2.23. The average molecular weight is 297 g/mol. The first kappa shape index (κ1) is 14.3. The van der Waals surface area contributed by atoms with E-state index in [0.717, 1.165) is 4.31 Å². The van der Waals surface area contributed by atoms with Gasteiger partial charge in [-0.2, -0.15) is 4.98 Å². The summed E-state index contributed by atoms with van der Waals surface area (Å²) < 4.78 is 30.0. The molecule has 0 saturated carbocycles. The van der Waals surface area contributed by atoms with E-state index in [2.05, 4.69) is 20.0 Å². The van der Waals surface area contributed by atoms with Gasteiger partial charge in [0.1, 0.15) is 4.90 Å². The summed E-state index contributed by atoms with van der Waals surface area (Å²) in [4.78, 5) is 3.91. The van der Waals surface area contributed by atoms with Gasteiger partial charge in [0.25, 0.3) is 0 Å². The van der Waals surface area contributed by atoms with Crippen LogP contribution in [0, 0.1) is 0 Å². The van der Waals surface area contributed by atoms with Crippen molar-refractivity contribution in [3.63, 3.8) is 0 Å². The van der Waals surface area contributed by atoms with E-state index in [1.54, 1.807) is 12.1 Å². The number of nitrogen functional groups attached to an aromatic ring is 1. The quantitative estimate of drug-likeness (QED) is 0.773. The molecule has 1 heterocycles. The molecule has 0 aliphatic rings. The molecule has 0 fully saturated rings. The van der Waals surface area contributed by atoms with E-state index in [1.165, 1.54) is 26.6 Å². The van der Waals surface area contributed by atoms with Crippen LogP contribution in [0.3, 0.4) is 0 Å². The first-order valence-electron chi connectivity index (χ1n) is 5.73. The molecule has 0 aliphatic heterocycles. The number of nitrogens with two attached hydrogens (primary N) is 1. The highest BCUT2D eigenvalue weighted by Crippen LogP contribution is 2.28. The van der Waals surface area contributed by atoms with E-state index < -0.39 is 10.0 Å². The van der Waals surface area contributed by atoms with E-state index in [0.29, 0.717) is 11.5 Å². The van der Waals surface area contributed by atoms with Crippen molar-refractivity contribution < 1.29 is 12.9 Å². The Hall–Kier alpha value is -2.13. The number of sulfonamides is 1. The Kier molecular flexibility index (Phi) is 3.91. The predicted octanol–water partition coefficient (Wildman–Crippen LogP) is 0.514. The number of hydrogen-bond donors (Lipinski definition) is 2. The van der Waals surface area contributed by atoms with Crippen LogP contribution in [0.2, 0.25) is 0 Å². The zero-order valence-electron chi connectivity index (χ0n) is 11.1. The average Bonchev–Trinajstić information content (AvgIpc) is 2.90. The molecule has 0 spiro atoms. The van der Waals surface area contributed by atoms with Gasteiger partial charge >= 0.3 is 0 Å². The second-order valence-electron chi connectivity index (χ2n) is 4.21. The van der Waals surface area contributed by atoms with Crippen molar-refractivity contribution in [3.8, 4) is 0 Å². The molecule has 0 bridgehead atoms. The molecule has 1 aromatic heterocycles. The summed E-state index contributed by atoms with van der Waals surface area (Å²) in [7, 11) is -0.678. The van der Waals surface area contributed by atoms with Crippen molar-refractivity contribution in [1.29, 1.82) is 0 Å². The molecular weight excluding hydrogens is 282 g/mol. The first-order valence-corrected chi connectivity index (χ1v) is 7.17. The van der Waals surface area contributed by atoms with Gasteiger partial charge in [0, 0.05) is 14.1 Å². The van der Waals surface area contributed by atoms with Crippen molar-refractivity contribution in [2.24, 2.45) is 0 Å². The van der Waals surface area contributed by atoms with Gasteiger partial charge in [-0.05, 0) is 12.1 Å². The van der Waals surface area contributed by atoms with Crippen LogP contribution >= 0.6 is 0 Å². The number of para-hydroxylation sites is 1. The van der Waals surface area contributed by atoms with Gasteiger partial charge in [-0.25, -0.2) is 12.7 Å². The molecule has 0 saturated heterocycles. The van der Waals surface area contributed by atoms with E-state index in [4.69, 9.17) is 5.73 Å². The van der Waals surface area contributed by atoms with Gasteiger partial charge in [0.05, 0.1) is 17.9 Å². The van der Waals surface area contributed by atoms with Crippen LogP contribution in [-0.4, -0.2) is 37.0 Å². The van der Waals surface area contributed by atoms with Crippen molar-refractivity contribution in [2.45, 2.75) is 11.4 Å². The van der Waals surface area contributed by atoms with Crippen LogP contribution in [0.4, 0.5) is 11.4 Å². The zero-order chi connectivity index (χ0) is 14.8. The van der Waals surface area contributed by atoms with Crippen LogP contribution in [0.15, 0.2) is 34.0 Å². The SMILES string of the molecule is CN(C)S(=O)(=O)c1cccc(NCc2ncon2)c1N. The summed E-state index contributed by atoms with van der Waals surface area (Å²) in [5.74, 6) is 0.449. The third-order valence-corrected chi connectivity index (χ3v) is 4.54. The van der Waals surface area contributed by atoms with Crippen LogP contribution in [0.25, 0.3) is 0 Å². The molecule has 20 heavy (non-hydrogen) atoms. The number of hydrogen-bond acceptors (Lipinski definition) is 7. The molecule has 2 aromatic rings. The topological polar surface area (TPSA) is 114 Å². The molecule has 108 valence electrons. The fourth-order valence-corrected chi connectivity index (χ4v) is 2.60. The second kappa shape index (κ2) is 5.47. The molecule has 0 atom stereocenters. The highest BCUT2D eigenvalue weighted by Gasteiger charge is 2.21. The Morgan fingerprint density at radius 1 is 1.40 bits per heavy atom. The molecule has 3 N–H and O–H groups in total. The maximum Gasteiger partial charge on any atom is 0.244 e. The van der Waals surface area contributed by atoms with Crippen molar-refractivity contribution in [3.05, 3.63) is 30.4 Å². The van der Waals surface area contributed by atoms with Crippen LogP contribution in [0.1, 0.15) is 5.82 Å². The molecule has 0 aliphatic carbocycles. The van der Waals surface area contributed by atoms with Crippen molar-refractivity contribution >= 4 is 21.4 Å². The van der Waals surface area contributed by atoms with Crippen LogP contribution < -0.4 is 11.1 Å². The van der Waals surface area contributed by atoms with Gasteiger partial charge in [0.2, 0.25) is 16.4 Å². The van der Waals surface area contributed by atoms with Crippen molar-refractivity contribution in [1.82, 2.24) is 14.4 Å². The predicted molar refractivity (Wildman–Crippen MR) is 73.4 cm³/mol. The molecular formula is C11H15N5O3S. The third-order valence-electron chi connectivity index (χ3n) is 2.67. The minimum atomic E-state index is -3.58. The van der Waals surface area contributed by atoms with Crippen LogP contribution in [0.5, 0.6) is 0 Å². The normalized spacial score (nSPS) is 11.8. The molecule has 0 unspecified atom stereocenters. The fraction of sp³-hybridized carbons (Fsp3) is 0.273. The highest BCUT2D eigenvalue weighted by molar-refractivity contribution is 7.89. The smallest absolute Gasteiger partial charge is 0.244 e. The van der Waals surface area contributed by atoms with Gasteiger partial charge in [-0.15, -0.1) is 0 Å². The lowest BCUT2D eigenvalue weighted by Gasteiger charge is -2.15. The van der Waals surface area contributed by atoms with E-state index >= 15 is 0 Å². The van der Waals surface area contributed by atoms with E-state index in [9.17, 15) is 8.42 Å². The highest BCUT2D eigenvalue weighted by atomic mass is 32.2. The second-order valence-corrected chi connectivity index (χ2v) is 6.33. The van der Waals surface area contributed by atoms with E-state index in [1.807, 2.05) is 0 Å². The van der Waals surface area contributed by atoms with Gasteiger partial charge in [0.15, 0.2) is 5.82 Å². The third kappa shape index (κ3) is 2.73. The Morgan fingerprint density at radius 2 is 2.15 bits per heavy atom. The molecule has 0 amide bonds. The summed E-state index contributed by atoms with van der Waals surface area (Å²) in [6.07, 6.45) is 1.22. The number of anilines is 2. The maximum atomic E-state index is 12.1. The summed E-state index contributed by atoms with van der Waals surface area (Å²) in [5, 5.41) is 6.62. The summed E-state index contributed by atoms with van der Waals surface area (Å²) >= 11 is 0. The molecule has 8 nitrogen and oxygen atoms in total. The molecule has 1 aromatic carbocycles. The lowest BCUT2D eigenvalue weighted by molar-refractivity contribution is 0.411. The molecule has 2 rings (SSSR count). The zero-order valence-corrected chi connectivity index (χ0v) is 11.9. The molecule has 9 heteroatoms. The fourth-order valence-electron chi connectivity index (χ4n) is 1.56. The van der Waals surface area contributed by atoms with Gasteiger partial charge < -0.3 is 15.6 Å². The minimum absolute atomic E-state index is 0.0561. The molecule has 0 radical (unpaired) electrons. The van der Waals surface area contributed by atoms with Crippen molar-refractivity contribution in [2.75, 3.05) is 25.1 Å². The number of benzene rings is 1. The Morgan fingerprint density at radius 3 is 2.75 bits per heavy atom. The minimum Gasteiger partial charge on any atom is -0.396 e. The van der Waals surface area contributed by atoms with Gasteiger partial charge in [-0.3, -0.25) is 0 Å². The summed E-state index contributed by atoms with van der Waals surface area (Å²) in [6, 6.07) is 4.76. The first-order chi connectivity index (χ1) is 9.43. The number of nitrogens with zero attached hydrogens (tertiary/aromatic N) is 3. The standard InChI is InChI=1S/C11H15N5O3S/c1-16(2)20(17,18)9-5-3-4-8(11(9)12)13-6-10-14-7-19-15-10/h3-5,7,13H,6,12H2,1-2H3. The monoisotopic (exact) mass is 297 g/mol. The number of aromatic nitrogens is 2. The Labute approximate surface area is 116 Å². The lowest BCUT2D eigenvalue weighted by atomic mass is 10.2. The largest absolute Gasteiger partial charge is 0.396 e. The maximum absolute atomic E-state index is 12.1. The summed E-state index contributed by atoms with van der Waals surface area (Å²) in [6.45, 7) is 0.284. The van der Waals surface area contributed by atoms with Crippen LogP contribution in [-0.2, 0) is 16.6 Å². The van der Waals surface area contributed by atoms with Gasteiger partial charge in [-0.1, -0.05) is 11.2 Å². The number of nitrogens with one attached hydrogen (secondary N) is 1. The Bertz CT molecular complexity index is 682. The summed E-state index contributed by atoms with van der Waals surface area (Å²) in [5.41, 5.74) is 6.57. The number of rotatable bonds is 5. The van der Waals surface area contributed by atoms with E-state index in [-0.39, 0.29) is 17.1 Å². The Balaban J connectivity index is 2.28.